The normalized spacial score (nSPS) is 16.0. The number of nitrogens with one attached hydrogen (secondary N) is 1. The molecule has 0 saturated heterocycles. The van der Waals surface area contributed by atoms with Gasteiger partial charge in [0.1, 0.15) is 0 Å². The number of aliphatic hydroxyl groups excluding tert-OH is 2. The summed E-state index contributed by atoms with van der Waals surface area (Å²) in [5.41, 5.74) is -0.00451. The lowest BCUT2D eigenvalue weighted by molar-refractivity contribution is 0.135. The van der Waals surface area contributed by atoms with Crippen LogP contribution < -0.4 is 5.32 Å². The van der Waals surface area contributed by atoms with Crippen LogP contribution in [0.4, 0.5) is 0 Å². The zero-order chi connectivity index (χ0) is 9.45. The molecule has 0 fully saturated rings. The molecule has 0 aliphatic heterocycles. The molecule has 0 aliphatic rings. The number of hydrogen-bond donors (Lipinski definition) is 3. The quantitative estimate of drug-likeness (QED) is 0.490. The van der Waals surface area contributed by atoms with Gasteiger partial charge in [-0.15, -0.1) is 0 Å². The second-order valence-corrected chi connectivity index (χ2v) is 3.58. The van der Waals surface area contributed by atoms with Gasteiger partial charge in [0.25, 0.3) is 0 Å². The van der Waals surface area contributed by atoms with Crippen LogP contribution in [-0.2, 0) is 0 Å². The molecule has 0 spiro atoms. The van der Waals surface area contributed by atoms with Crippen molar-refractivity contribution in [2.75, 3.05) is 26.3 Å². The average molecular weight is 175 g/mol. The van der Waals surface area contributed by atoms with Crippen LogP contribution in [0.5, 0.6) is 0 Å². The fourth-order valence-electron chi connectivity index (χ4n) is 0.887. The van der Waals surface area contributed by atoms with Gasteiger partial charge in [-0.05, 0) is 19.4 Å². The third kappa shape index (κ3) is 4.70. The molecule has 3 N–H and O–H groups in total. The van der Waals surface area contributed by atoms with Crippen molar-refractivity contribution in [3.05, 3.63) is 0 Å². The molecule has 0 saturated carbocycles. The lowest BCUT2D eigenvalue weighted by Crippen LogP contribution is -2.35. The smallest absolute Gasteiger partial charge is 0.0496 e. The summed E-state index contributed by atoms with van der Waals surface area (Å²) in [5, 5.41) is 20.8. The van der Waals surface area contributed by atoms with E-state index in [1.54, 1.807) is 0 Å². The Balaban J connectivity index is 3.45. The first-order valence-corrected chi connectivity index (χ1v) is 4.61. The first kappa shape index (κ1) is 11.9. The van der Waals surface area contributed by atoms with Gasteiger partial charge in [-0.2, -0.15) is 0 Å². The molecule has 0 rings (SSSR count). The first-order valence-electron chi connectivity index (χ1n) is 4.61. The second-order valence-electron chi connectivity index (χ2n) is 3.58. The zero-order valence-corrected chi connectivity index (χ0v) is 8.14. The summed E-state index contributed by atoms with van der Waals surface area (Å²) in [4.78, 5) is 0. The predicted octanol–water partition coefficient (Wildman–Crippen LogP) is 0.367. The van der Waals surface area contributed by atoms with Gasteiger partial charge < -0.3 is 15.5 Å². The average Bonchev–Trinajstić information content (AvgIpc) is 2.12. The fraction of sp³-hybridized carbons (Fsp3) is 1.00. The minimum Gasteiger partial charge on any atom is -0.396 e. The topological polar surface area (TPSA) is 52.5 Å². The molecule has 1 unspecified atom stereocenters. The minimum absolute atomic E-state index is 0.00451. The maximum atomic E-state index is 9.05. The van der Waals surface area contributed by atoms with Crippen LogP contribution in [-0.4, -0.2) is 36.5 Å². The van der Waals surface area contributed by atoms with E-state index in [1.807, 2.05) is 0 Å². The largest absolute Gasteiger partial charge is 0.396 e. The van der Waals surface area contributed by atoms with E-state index in [0.717, 1.165) is 25.9 Å². The third-order valence-corrected chi connectivity index (χ3v) is 2.30. The van der Waals surface area contributed by atoms with Crippen molar-refractivity contribution in [2.24, 2.45) is 5.41 Å². The number of hydrogen-bond acceptors (Lipinski definition) is 3. The Morgan fingerprint density at radius 2 is 2.00 bits per heavy atom. The standard InChI is InChI=1S/C9H21NO2/c1-3-9(2,8-12)7-10-5-4-6-11/h10-12H,3-8H2,1-2H3. The van der Waals surface area contributed by atoms with Crippen molar-refractivity contribution in [1.29, 1.82) is 0 Å². The summed E-state index contributed by atoms with van der Waals surface area (Å²) in [6.07, 6.45) is 1.75. The van der Waals surface area contributed by atoms with E-state index < -0.39 is 0 Å². The van der Waals surface area contributed by atoms with Crippen LogP contribution in [0.25, 0.3) is 0 Å². The van der Waals surface area contributed by atoms with E-state index in [-0.39, 0.29) is 18.6 Å². The van der Waals surface area contributed by atoms with Crippen LogP contribution >= 0.6 is 0 Å². The molecule has 0 aromatic rings. The molecule has 12 heavy (non-hydrogen) atoms. The molecule has 74 valence electrons. The number of aliphatic hydroxyl groups is 2. The van der Waals surface area contributed by atoms with E-state index in [1.165, 1.54) is 0 Å². The van der Waals surface area contributed by atoms with Crippen molar-refractivity contribution in [3.8, 4) is 0 Å². The van der Waals surface area contributed by atoms with Crippen molar-refractivity contribution >= 4 is 0 Å². The maximum absolute atomic E-state index is 9.05. The van der Waals surface area contributed by atoms with E-state index in [0.29, 0.717) is 0 Å². The van der Waals surface area contributed by atoms with E-state index >= 15 is 0 Å². The van der Waals surface area contributed by atoms with E-state index in [9.17, 15) is 0 Å². The predicted molar refractivity (Wildman–Crippen MR) is 50.1 cm³/mol. The second kappa shape index (κ2) is 6.40. The summed E-state index contributed by atoms with van der Waals surface area (Å²) in [6, 6.07) is 0. The molecule has 0 aliphatic carbocycles. The van der Waals surface area contributed by atoms with Gasteiger partial charge in [-0.25, -0.2) is 0 Å². The van der Waals surface area contributed by atoms with Crippen LogP contribution in [0, 0.1) is 5.41 Å². The molecular formula is C9H21NO2. The molecule has 3 nitrogen and oxygen atoms in total. The summed E-state index contributed by atoms with van der Waals surface area (Å²) in [6.45, 7) is 6.22. The van der Waals surface area contributed by atoms with Crippen LogP contribution in [0.1, 0.15) is 26.7 Å². The van der Waals surface area contributed by atoms with E-state index in [2.05, 4.69) is 19.2 Å². The molecular weight excluding hydrogens is 154 g/mol. The Morgan fingerprint density at radius 3 is 2.42 bits per heavy atom. The van der Waals surface area contributed by atoms with Crippen molar-refractivity contribution in [3.63, 3.8) is 0 Å². The lowest BCUT2D eigenvalue weighted by Gasteiger charge is -2.25. The van der Waals surface area contributed by atoms with Gasteiger partial charge in [0.05, 0.1) is 0 Å². The summed E-state index contributed by atoms with van der Waals surface area (Å²) in [7, 11) is 0. The monoisotopic (exact) mass is 175 g/mol. The highest BCUT2D eigenvalue weighted by Gasteiger charge is 2.19. The van der Waals surface area contributed by atoms with Crippen LogP contribution in [0.3, 0.4) is 0 Å². The van der Waals surface area contributed by atoms with Gasteiger partial charge in [-0.3, -0.25) is 0 Å². The summed E-state index contributed by atoms with van der Waals surface area (Å²) in [5.74, 6) is 0. The van der Waals surface area contributed by atoms with Gasteiger partial charge in [0.15, 0.2) is 0 Å². The molecule has 0 heterocycles. The Labute approximate surface area is 74.8 Å². The SMILES string of the molecule is CCC(C)(CO)CNCCCO. The molecule has 0 aromatic heterocycles. The zero-order valence-electron chi connectivity index (χ0n) is 8.14. The molecule has 1 atom stereocenters. The number of rotatable bonds is 7. The highest BCUT2D eigenvalue weighted by molar-refractivity contribution is 4.73. The molecule has 0 radical (unpaired) electrons. The first-order chi connectivity index (χ1) is 5.68. The third-order valence-electron chi connectivity index (χ3n) is 2.30. The summed E-state index contributed by atoms with van der Waals surface area (Å²) >= 11 is 0. The Kier molecular flexibility index (Phi) is 6.34. The van der Waals surface area contributed by atoms with Gasteiger partial charge in [0.2, 0.25) is 0 Å². The lowest BCUT2D eigenvalue weighted by atomic mass is 9.89. The van der Waals surface area contributed by atoms with Gasteiger partial charge >= 0.3 is 0 Å². The van der Waals surface area contributed by atoms with Gasteiger partial charge in [0, 0.05) is 25.2 Å². The van der Waals surface area contributed by atoms with Crippen molar-refractivity contribution < 1.29 is 10.2 Å². The minimum atomic E-state index is -0.00451. The van der Waals surface area contributed by atoms with Crippen molar-refractivity contribution in [2.45, 2.75) is 26.7 Å². The molecule has 3 heteroatoms. The summed E-state index contributed by atoms with van der Waals surface area (Å²) < 4.78 is 0. The maximum Gasteiger partial charge on any atom is 0.0496 e. The molecule has 0 bridgehead atoms. The highest BCUT2D eigenvalue weighted by Crippen LogP contribution is 2.17. The molecule has 0 aromatic carbocycles. The fourth-order valence-corrected chi connectivity index (χ4v) is 0.887. The molecule has 0 amide bonds. The Hall–Kier alpha value is -0.120. The highest BCUT2D eigenvalue weighted by atomic mass is 16.3. The van der Waals surface area contributed by atoms with Crippen molar-refractivity contribution in [1.82, 2.24) is 5.32 Å². The Bertz CT molecular complexity index is 103. The van der Waals surface area contributed by atoms with E-state index in [4.69, 9.17) is 10.2 Å². The van der Waals surface area contributed by atoms with Crippen LogP contribution in [0.2, 0.25) is 0 Å². The van der Waals surface area contributed by atoms with Crippen LogP contribution in [0.15, 0.2) is 0 Å². The van der Waals surface area contributed by atoms with Gasteiger partial charge in [-0.1, -0.05) is 13.8 Å². The Morgan fingerprint density at radius 1 is 1.33 bits per heavy atom.